The highest BCUT2D eigenvalue weighted by molar-refractivity contribution is 9.10. The van der Waals surface area contributed by atoms with Crippen LogP contribution in [0.1, 0.15) is 21.5 Å². The average molecular weight is 539 g/mol. The Balaban J connectivity index is 1.25. The number of nitrogens with one attached hydrogen (secondary N) is 3. The summed E-state index contributed by atoms with van der Waals surface area (Å²) in [6, 6.07) is 28.1. The first-order valence-corrected chi connectivity index (χ1v) is 12.3. The Morgan fingerprint density at radius 1 is 0.889 bits per heavy atom. The molecule has 0 fully saturated rings. The number of aryl methyl sites for hydroxylation is 1. The van der Waals surface area contributed by atoms with E-state index in [1.54, 1.807) is 24.3 Å². The van der Waals surface area contributed by atoms with Crippen molar-refractivity contribution in [2.75, 3.05) is 10.6 Å². The molecule has 0 unspecified atom stereocenters. The van der Waals surface area contributed by atoms with Crippen LogP contribution >= 0.6 is 15.9 Å². The number of hydrogen-bond donors (Lipinski definition) is 3. The molecular weight excluding hydrogens is 516 g/mol. The van der Waals surface area contributed by atoms with Crippen molar-refractivity contribution in [1.82, 2.24) is 9.97 Å². The second-order valence-corrected chi connectivity index (χ2v) is 9.45. The fourth-order valence-corrected chi connectivity index (χ4v) is 4.20. The van der Waals surface area contributed by atoms with E-state index in [1.807, 2.05) is 67.6 Å². The Kier molecular flexibility index (Phi) is 6.64. The molecule has 5 rings (SSSR count). The van der Waals surface area contributed by atoms with Gasteiger partial charge in [0, 0.05) is 21.3 Å². The lowest BCUT2D eigenvalue weighted by Gasteiger charge is -2.10. The van der Waals surface area contributed by atoms with E-state index >= 15 is 0 Å². The number of halogens is 1. The van der Waals surface area contributed by atoms with Gasteiger partial charge < -0.3 is 15.6 Å². The zero-order chi connectivity index (χ0) is 25.1. The molecule has 0 bridgehead atoms. The number of carbonyl (C=O) groups excluding carboxylic acids is 2. The predicted octanol–water partition coefficient (Wildman–Crippen LogP) is 6.73. The van der Waals surface area contributed by atoms with E-state index in [0.29, 0.717) is 22.8 Å². The second-order valence-electron chi connectivity index (χ2n) is 8.53. The molecule has 0 aliphatic heterocycles. The highest BCUT2D eigenvalue weighted by atomic mass is 79.9. The number of hydrogen-bond acceptors (Lipinski definition) is 3. The third-order valence-corrected chi connectivity index (χ3v) is 6.31. The van der Waals surface area contributed by atoms with Crippen molar-refractivity contribution in [1.29, 1.82) is 0 Å². The number of benzene rings is 4. The van der Waals surface area contributed by atoms with Gasteiger partial charge in [0.25, 0.3) is 5.91 Å². The number of amides is 2. The zero-order valence-electron chi connectivity index (χ0n) is 19.5. The van der Waals surface area contributed by atoms with Crippen LogP contribution in [-0.4, -0.2) is 21.8 Å². The van der Waals surface area contributed by atoms with Crippen molar-refractivity contribution in [3.05, 3.63) is 112 Å². The van der Waals surface area contributed by atoms with Gasteiger partial charge in [-0.2, -0.15) is 0 Å². The highest BCUT2D eigenvalue weighted by Gasteiger charge is 2.13. The van der Waals surface area contributed by atoms with Crippen LogP contribution in [0, 0.1) is 6.92 Å². The number of carbonyl (C=O) groups is 2. The first kappa shape index (κ1) is 23.5. The van der Waals surface area contributed by atoms with Gasteiger partial charge in [-0.15, -0.1) is 0 Å². The van der Waals surface area contributed by atoms with Crippen molar-refractivity contribution in [3.63, 3.8) is 0 Å². The summed E-state index contributed by atoms with van der Waals surface area (Å²) in [7, 11) is 0. The maximum absolute atomic E-state index is 12.8. The third-order valence-electron chi connectivity index (χ3n) is 5.78. The minimum Gasteiger partial charge on any atom is -0.338 e. The fraction of sp³-hybridized carbons (Fsp3) is 0.0690. The van der Waals surface area contributed by atoms with Crippen molar-refractivity contribution in [2.24, 2.45) is 0 Å². The normalized spacial score (nSPS) is 10.8. The van der Waals surface area contributed by atoms with Crippen molar-refractivity contribution < 1.29 is 9.59 Å². The van der Waals surface area contributed by atoms with Gasteiger partial charge in [-0.05, 0) is 78.7 Å². The van der Waals surface area contributed by atoms with E-state index in [2.05, 4.69) is 37.6 Å². The molecule has 0 saturated heterocycles. The van der Waals surface area contributed by atoms with E-state index in [0.717, 1.165) is 32.2 Å². The molecule has 5 aromatic rings. The average Bonchev–Trinajstić information content (AvgIpc) is 3.29. The molecule has 7 heteroatoms. The van der Waals surface area contributed by atoms with E-state index in [-0.39, 0.29) is 18.2 Å². The van der Waals surface area contributed by atoms with Gasteiger partial charge in [0.1, 0.15) is 5.82 Å². The molecule has 178 valence electrons. The van der Waals surface area contributed by atoms with Gasteiger partial charge in [0.2, 0.25) is 5.91 Å². The first-order chi connectivity index (χ1) is 17.4. The Morgan fingerprint density at radius 3 is 2.42 bits per heavy atom. The predicted molar refractivity (Wildman–Crippen MR) is 147 cm³/mol. The number of aromatic nitrogens is 2. The summed E-state index contributed by atoms with van der Waals surface area (Å²) >= 11 is 3.37. The van der Waals surface area contributed by atoms with Crippen molar-refractivity contribution >= 4 is 50.2 Å². The Hall–Kier alpha value is -4.23. The Labute approximate surface area is 216 Å². The molecule has 36 heavy (non-hydrogen) atoms. The van der Waals surface area contributed by atoms with Crippen LogP contribution in [0.3, 0.4) is 0 Å². The zero-order valence-corrected chi connectivity index (χ0v) is 21.1. The summed E-state index contributed by atoms with van der Waals surface area (Å²) in [5, 5.41) is 5.89. The minimum absolute atomic E-state index is 0.138. The number of para-hydroxylation sites is 1. The molecular formula is C29H23BrN4O2. The monoisotopic (exact) mass is 538 g/mol. The number of fused-ring (bicyclic) bond motifs is 1. The maximum Gasteiger partial charge on any atom is 0.255 e. The number of anilines is 2. The molecule has 1 aromatic heterocycles. The molecule has 0 spiro atoms. The smallest absolute Gasteiger partial charge is 0.255 e. The van der Waals surface area contributed by atoms with Crippen LogP contribution in [0.2, 0.25) is 0 Å². The molecule has 2 amide bonds. The summed E-state index contributed by atoms with van der Waals surface area (Å²) in [4.78, 5) is 33.3. The SMILES string of the molecule is Cc1ccc2nc(-c3ccccc3NC(=O)Cc3ccc(NC(=O)c4ccc(Br)cc4)cc3)[nH]c2c1. The van der Waals surface area contributed by atoms with Gasteiger partial charge in [0.15, 0.2) is 0 Å². The standard InChI is InChI=1S/C29H23BrN4O2/c1-18-6-15-25-26(16-18)34-28(33-25)23-4-2-3-5-24(23)32-27(35)17-19-7-13-22(14-8-19)31-29(36)20-9-11-21(30)12-10-20/h2-16H,17H2,1H3,(H,31,36)(H,32,35)(H,33,34). The lowest BCUT2D eigenvalue weighted by molar-refractivity contribution is -0.115. The quantitative estimate of drug-likeness (QED) is 0.224. The Bertz CT molecular complexity index is 1560. The van der Waals surface area contributed by atoms with Crippen molar-refractivity contribution in [3.8, 4) is 11.4 Å². The summed E-state index contributed by atoms with van der Waals surface area (Å²) in [6.07, 6.45) is 0.203. The van der Waals surface area contributed by atoms with E-state index in [4.69, 9.17) is 4.98 Å². The number of nitrogens with zero attached hydrogens (tertiary/aromatic N) is 1. The maximum atomic E-state index is 12.8. The lowest BCUT2D eigenvalue weighted by Crippen LogP contribution is -2.15. The molecule has 0 saturated carbocycles. The molecule has 0 atom stereocenters. The van der Waals surface area contributed by atoms with Gasteiger partial charge >= 0.3 is 0 Å². The van der Waals surface area contributed by atoms with Crippen LogP contribution < -0.4 is 10.6 Å². The minimum atomic E-state index is -0.189. The van der Waals surface area contributed by atoms with E-state index in [1.165, 1.54) is 0 Å². The number of imidazole rings is 1. The molecule has 0 aliphatic rings. The summed E-state index contributed by atoms with van der Waals surface area (Å²) in [6.45, 7) is 2.04. The van der Waals surface area contributed by atoms with Crippen LogP contribution in [0.15, 0.2) is 95.5 Å². The van der Waals surface area contributed by atoms with E-state index < -0.39 is 0 Å². The van der Waals surface area contributed by atoms with Crippen LogP contribution in [0.5, 0.6) is 0 Å². The number of aromatic amines is 1. The highest BCUT2D eigenvalue weighted by Crippen LogP contribution is 2.28. The topological polar surface area (TPSA) is 86.9 Å². The molecule has 0 radical (unpaired) electrons. The first-order valence-electron chi connectivity index (χ1n) is 11.5. The number of rotatable bonds is 6. The largest absolute Gasteiger partial charge is 0.338 e. The summed E-state index contributed by atoms with van der Waals surface area (Å²) in [5.74, 6) is 0.378. The molecule has 6 nitrogen and oxygen atoms in total. The van der Waals surface area contributed by atoms with Gasteiger partial charge in [-0.1, -0.05) is 46.3 Å². The molecule has 4 aromatic carbocycles. The third kappa shape index (κ3) is 5.37. The molecule has 1 heterocycles. The van der Waals surface area contributed by atoms with Crippen LogP contribution in [0.4, 0.5) is 11.4 Å². The van der Waals surface area contributed by atoms with Crippen LogP contribution in [-0.2, 0) is 11.2 Å². The van der Waals surface area contributed by atoms with Gasteiger partial charge in [-0.3, -0.25) is 9.59 Å². The lowest BCUT2D eigenvalue weighted by atomic mass is 10.1. The van der Waals surface area contributed by atoms with Crippen LogP contribution in [0.25, 0.3) is 22.4 Å². The summed E-state index contributed by atoms with van der Waals surface area (Å²) in [5.41, 5.74) is 6.58. The Morgan fingerprint density at radius 2 is 1.64 bits per heavy atom. The molecule has 0 aliphatic carbocycles. The van der Waals surface area contributed by atoms with Gasteiger partial charge in [0.05, 0.1) is 23.1 Å². The fourth-order valence-electron chi connectivity index (χ4n) is 3.94. The van der Waals surface area contributed by atoms with Crippen molar-refractivity contribution in [2.45, 2.75) is 13.3 Å². The number of H-pyrrole nitrogens is 1. The summed E-state index contributed by atoms with van der Waals surface area (Å²) < 4.78 is 0.914. The van der Waals surface area contributed by atoms with E-state index in [9.17, 15) is 9.59 Å². The second kappa shape index (κ2) is 10.2. The van der Waals surface area contributed by atoms with Gasteiger partial charge in [-0.25, -0.2) is 4.98 Å². The molecule has 3 N–H and O–H groups in total.